The van der Waals surface area contributed by atoms with Crippen LogP contribution in [0.25, 0.3) is 0 Å². The first-order chi connectivity index (χ1) is 13.7. The molecule has 1 aromatic carbocycles. The second kappa shape index (κ2) is 9.04. The van der Waals surface area contributed by atoms with Crippen molar-refractivity contribution >= 4 is 15.9 Å². The van der Waals surface area contributed by atoms with Crippen molar-refractivity contribution in [2.75, 3.05) is 13.1 Å². The minimum absolute atomic E-state index is 0.0390. The van der Waals surface area contributed by atoms with Crippen LogP contribution in [0.5, 0.6) is 0 Å². The Hall–Kier alpha value is -1.61. The van der Waals surface area contributed by atoms with Crippen molar-refractivity contribution in [1.82, 2.24) is 9.62 Å². The van der Waals surface area contributed by atoms with Crippen molar-refractivity contribution in [3.8, 4) is 0 Å². The van der Waals surface area contributed by atoms with Gasteiger partial charge in [0.05, 0.1) is 10.5 Å². The molecule has 1 N–H and O–H groups in total. The second-order valence-corrected chi connectivity index (χ2v) is 9.78. The van der Waals surface area contributed by atoms with Gasteiger partial charge in [-0.05, 0) is 37.8 Å². The van der Waals surface area contributed by atoms with Crippen molar-refractivity contribution in [3.05, 3.63) is 29.8 Å². The Bertz CT molecular complexity index is 811. The number of amides is 1. The van der Waals surface area contributed by atoms with Crippen LogP contribution >= 0.6 is 0 Å². The number of hydrogen-bond acceptors (Lipinski definition) is 3. The lowest BCUT2D eigenvalue weighted by molar-refractivity contribution is -0.139. The first-order valence-corrected chi connectivity index (χ1v) is 11.6. The monoisotopic (exact) mass is 432 g/mol. The fourth-order valence-corrected chi connectivity index (χ4v) is 5.85. The number of sulfonamides is 1. The largest absolute Gasteiger partial charge is 0.417 e. The summed E-state index contributed by atoms with van der Waals surface area (Å²) in [6, 6.07) is 4.40. The third-order valence-electron chi connectivity index (χ3n) is 5.84. The molecule has 1 saturated heterocycles. The van der Waals surface area contributed by atoms with Gasteiger partial charge in [0.1, 0.15) is 0 Å². The molecule has 3 rings (SSSR count). The number of nitrogens with zero attached hydrogens (tertiary/aromatic N) is 1. The number of alkyl halides is 3. The van der Waals surface area contributed by atoms with E-state index in [2.05, 4.69) is 5.32 Å². The van der Waals surface area contributed by atoms with E-state index in [0.717, 1.165) is 42.1 Å². The first-order valence-electron chi connectivity index (χ1n) is 10.2. The fourth-order valence-electron chi connectivity index (χ4n) is 4.17. The van der Waals surface area contributed by atoms with Crippen molar-refractivity contribution in [1.29, 1.82) is 0 Å². The van der Waals surface area contributed by atoms with Crippen LogP contribution in [0.4, 0.5) is 13.2 Å². The van der Waals surface area contributed by atoms with Crippen LogP contribution in [-0.4, -0.2) is 37.8 Å². The van der Waals surface area contributed by atoms with Crippen LogP contribution in [0.3, 0.4) is 0 Å². The third kappa shape index (κ3) is 5.31. The van der Waals surface area contributed by atoms with Crippen molar-refractivity contribution in [2.24, 2.45) is 5.92 Å². The van der Waals surface area contributed by atoms with Crippen LogP contribution in [0, 0.1) is 5.92 Å². The normalized spacial score (nSPS) is 20.9. The molecule has 1 aromatic rings. The Morgan fingerprint density at radius 1 is 0.966 bits per heavy atom. The molecule has 0 bridgehead atoms. The highest BCUT2D eigenvalue weighted by Crippen LogP contribution is 2.36. The molecule has 9 heteroatoms. The Morgan fingerprint density at radius 3 is 2.14 bits per heavy atom. The van der Waals surface area contributed by atoms with Gasteiger partial charge in [-0.3, -0.25) is 4.79 Å². The Morgan fingerprint density at radius 2 is 1.55 bits per heavy atom. The molecule has 1 aliphatic heterocycles. The number of halogens is 3. The van der Waals surface area contributed by atoms with Gasteiger partial charge in [0.2, 0.25) is 15.9 Å². The van der Waals surface area contributed by atoms with Gasteiger partial charge in [-0.25, -0.2) is 8.42 Å². The predicted molar refractivity (Wildman–Crippen MR) is 103 cm³/mol. The summed E-state index contributed by atoms with van der Waals surface area (Å²) in [7, 11) is -4.28. The zero-order valence-corrected chi connectivity index (χ0v) is 17.1. The highest BCUT2D eigenvalue weighted by Gasteiger charge is 2.40. The molecule has 5 nitrogen and oxygen atoms in total. The molecule has 2 fully saturated rings. The minimum atomic E-state index is -4.75. The van der Waals surface area contributed by atoms with Gasteiger partial charge in [-0.15, -0.1) is 0 Å². The zero-order valence-electron chi connectivity index (χ0n) is 16.2. The number of benzene rings is 1. The van der Waals surface area contributed by atoms with E-state index in [9.17, 15) is 26.4 Å². The van der Waals surface area contributed by atoms with Crippen molar-refractivity contribution in [2.45, 2.75) is 68.5 Å². The Kier molecular flexibility index (Phi) is 6.88. The van der Waals surface area contributed by atoms with E-state index in [4.69, 9.17) is 0 Å². The third-order valence-corrected chi connectivity index (χ3v) is 7.79. The van der Waals surface area contributed by atoms with Crippen LogP contribution in [0.2, 0.25) is 0 Å². The van der Waals surface area contributed by atoms with Crippen molar-refractivity contribution < 1.29 is 26.4 Å². The predicted octanol–water partition coefficient (Wildman–Crippen LogP) is 3.95. The average molecular weight is 433 g/mol. The molecular formula is C20H27F3N2O3S. The minimum Gasteiger partial charge on any atom is -0.353 e. The molecule has 2 aliphatic rings. The summed E-state index contributed by atoms with van der Waals surface area (Å²) < 4.78 is 66.4. The van der Waals surface area contributed by atoms with Gasteiger partial charge >= 0.3 is 6.18 Å². The standard InChI is InChI=1S/C20H27F3N2O3S/c21-20(22,23)17-9-5-6-10-18(17)29(27,28)25-13-11-15(12-14-25)19(26)24-16-7-3-1-2-4-8-16/h5-6,9-10,15-16H,1-4,7-8,11-14H2,(H,24,26). The molecule has 0 aromatic heterocycles. The maximum atomic E-state index is 13.2. The Balaban J connectivity index is 1.63. The van der Waals surface area contributed by atoms with E-state index in [1.807, 2.05) is 0 Å². The summed E-state index contributed by atoms with van der Waals surface area (Å²) in [4.78, 5) is 11.8. The molecule has 1 aliphatic carbocycles. The number of carbonyl (C=O) groups is 1. The summed E-state index contributed by atoms with van der Waals surface area (Å²) in [6.45, 7) is 0.0779. The molecule has 1 heterocycles. The van der Waals surface area contributed by atoms with Gasteiger partial charge in [-0.2, -0.15) is 17.5 Å². The maximum absolute atomic E-state index is 13.2. The molecule has 0 unspecified atom stereocenters. The van der Waals surface area contributed by atoms with E-state index in [0.29, 0.717) is 12.8 Å². The number of piperidine rings is 1. The molecule has 1 saturated carbocycles. The van der Waals surface area contributed by atoms with E-state index in [1.165, 1.54) is 25.0 Å². The van der Waals surface area contributed by atoms with Crippen LogP contribution in [0.15, 0.2) is 29.2 Å². The van der Waals surface area contributed by atoms with E-state index < -0.39 is 26.7 Å². The highest BCUT2D eigenvalue weighted by molar-refractivity contribution is 7.89. The molecule has 0 atom stereocenters. The first kappa shape index (κ1) is 22.1. The smallest absolute Gasteiger partial charge is 0.353 e. The molecule has 0 spiro atoms. The molecule has 162 valence electrons. The number of carbonyl (C=O) groups excluding carboxylic acids is 1. The SMILES string of the molecule is O=C(NC1CCCCCC1)C1CCN(S(=O)(=O)c2ccccc2C(F)(F)F)CC1. The molecule has 29 heavy (non-hydrogen) atoms. The van der Waals surface area contributed by atoms with Gasteiger partial charge in [0.25, 0.3) is 0 Å². The molecule has 0 radical (unpaired) electrons. The van der Waals surface area contributed by atoms with E-state index >= 15 is 0 Å². The van der Waals surface area contributed by atoms with E-state index in [-0.39, 0.29) is 31.0 Å². The molecular weight excluding hydrogens is 405 g/mol. The maximum Gasteiger partial charge on any atom is 0.417 e. The van der Waals surface area contributed by atoms with Gasteiger partial charge in [-0.1, -0.05) is 37.8 Å². The van der Waals surface area contributed by atoms with Gasteiger partial charge < -0.3 is 5.32 Å². The summed E-state index contributed by atoms with van der Waals surface area (Å²) in [5.41, 5.74) is -1.16. The lowest BCUT2D eigenvalue weighted by atomic mass is 9.96. The topological polar surface area (TPSA) is 66.5 Å². The molecule has 1 amide bonds. The fraction of sp³-hybridized carbons (Fsp3) is 0.650. The number of rotatable bonds is 4. The summed E-state index contributed by atoms with van der Waals surface area (Å²) in [5, 5.41) is 3.09. The summed E-state index contributed by atoms with van der Waals surface area (Å²) >= 11 is 0. The lowest BCUT2D eigenvalue weighted by Gasteiger charge is -2.32. The number of hydrogen-bond donors (Lipinski definition) is 1. The summed E-state index contributed by atoms with van der Waals surface area (Å²) in [5.74, 6) is -0.368. The Labute approximate surface area is 169 Å². The summed E-state index contributed by atoms with van der Waals surface area (Å²) in [6.07, 6.45) is 2.36. The average Bonchev–Trinajstić information content (AvgIpc) is 2.96. The highest BCUT2D eigenvalue weighted by atomic mass is 32.2. The number of nitrogens with one attached hydrogen (secondary N) is 1. The quantitative estimate of drug-likeness (QED) is 0.733. The van der Waals surface area contributed by atoms with Crippen LogP contribution in [0.1, 0.15) is 56.9 Å². The second-order valence-electron chi connectivity index (χ2n) is 7.87. The van der Waals surface area contributed by atoms with Gasteiger partial charge in [0.15, 0.2) is 0 Å². The van der Waals surface area contributed by atoms with Crippen LogP contribution in [-0.2, 0) is 21.0 Å². The van der Waals surface area contributed by atoms with Crippen molar-refractivity contribution in [3.63, 3.8) is 0 Å². The van der Waals surface area contributed by atoms with E-state index in [1.54, 1.807) is 0 Å². The van der Waals surface area contributed by atoms with Crippen LogP contribution < -0.4 is 5.32 Å². The van der Waals surface area contributed by atoms with Gasteiger partial charge in [0, 0.05) is 25.0 Å². The zero-order chi connectivity index (χ0) is 21.1. The lowest BCUT2D eigenvalue weighted by Crippen LogP contribution is -2.45.